The number of rotatable bonds is 3. The molecule has 2 rings (SSSR count). The van der Waals surface area contributed by atoms with Crippen LogP contribution in [0.4, 0.5) is 11.5 Å². The molecular formula is C13H11N5O3. The minimum atomic E-state index is -0.545. The molecule has 0 spiro atoms. The number of amides is 1. The molecular weight excluding hydrogens is 274 g/mol. The van der Waals surface area contributed by atoms with Crippen molar-refractivity contribution in [3.63, 3.8) is 0 Å². The van der Waals surface area contributed by atoms with E-state index in [4.69, 9.17) is 5.26 Å². The molecule has 1 N–H and O–H groups in total. The van der Waals surface area contributed by atoms with E-state index >= 15 is 0 Å². The van der Waals surface area contributed by atoms with E-state index in [1.54, 1.807) is 7.05 Å². The molecule has 0 fully saturated rings. The van der Waals surface area contributed by atoms with Crippen molar-refractivity contribution in [3.8, 4) is 6.07 Å². The van der Waals surface area contributed by atoms with Crippen molar-refractivity contribution >= 4 is 17.4 Å². The van der Waals surface area contributed by atoms with E-state index in [1.807, 2.05) is 6.07 Å². The minimum Gasteiger partial charge on any atom is -0.306 e. The lowest BCUT2D eigenvalue weighted by molar-refractivity contribution is -0.385. The lowest BCUT2D eigenvalue weighted by atomic mass is 10.1. The zero-order valence-corrected chi connectivity index (χ0v) is 11.3. The first-order valence-corrected chi connectivity index (χ1v) is 5.93. The van der Waals surface area contributed by atoms with Gasteiger partial charge in [0.25, 0.3) is 11.6 Å². The molecule has 0 unspecified atom stereocenters. The third-order valence-corrected chi connectivity index (χ3v) is 3.04. The molecule has 21 heavy (non-hydrogen) atoms. The number of hydrogen-bond acceptors (Lipinski definition) is 5. The molecule has 8 nitrogen and oxygen atoms in total. The quantitative estimate of drug-likeness (QED) is 0.681. The fourth-order valence-corrected chi connectivity index (χ4v) is 1.91. The summed E-state index contributed by atoms with van der Waals surface area (Å²) in [6, 6.07) is 6.17. The van der Waals surface area contributed by atoms with Gasteiger partial charge >= 0.3 is 0 Å². The molecule has 0 saturated heterocycles. The van der Waals surface area contributed by atoms with Gasteiger partial charge in [-0.25, -0.2) is 0 Å². The van der Waals surface area contributed by atoms with Gasteiger partial charge in [0.1, 0.15) is 17.5 Å². The molecule has 0 bridgehead atoms. The van der Waals surface area contributed by atoms with Gasteiger partial charge in [-0.2, -0.15) is 10.4 Å². The van der Waals surface area contributed by atoms with Gasteiger partial charge in [-0.3, -0.25) is 19.6 Å². The molecule has 0 saturated carbocycles. The predicted octanol–water partition coefficient (Wildman–Crippen LogP) is 1.76. The SMILES string of the molecule is Cc1c(C(=O)Nc2c(C#N)cnn2C)cccc1[N+](=O)[O-]. The lowest BCUT2D eigenvalue weighted by Gasteiger charge is -2.08. The fraction of sp³-hybridized carbons (Fsp3) is 0.154. The van der Waals surface area contributed by atoms with Crippen molar-refractivity contribution in [1.29, 1.82) is 5.26 Å². The molecule has 0 radical (unpaired) electrons. The monoisotopic (exact) mass is 285 g/mol. The van der Waals surface area contributed by atoms with Crippen LogP contribution in [0.25, 0.3) is 0 Å². The summed E-state index contributed by atoms with van der Waals surface area (Å²) < 4.78 is 1.35. The van der Waals surface area contributed by atoms with Crippen LogP contribution in [0.15, 0.2) is 24.4 Å². The second kappa shape index (κ2) is 5.42. The summed E-state index contributed by atoms with van der Waals surface area (Å²) in [5.41, 5.74) is 0.525. The topological polar surface area (TPSA) is 114 Å². The van der Waals surface area contributed by atoms with Crippen molar-refractivity contribution in [2.45, 2.75) is 6.92 Å². The summed E-state index contributed by atoms with van der Waals surface area (Å²) >= 11 is 0. The highest BCUT2D eigenvalue weighted by Gasteiger charge is 2.19. The van der Waals surface area contributed by atoms with E-state index in [1.165, 1.54) is 36.0 Å². The highest BCUT2D eigenvalue weighted by atomic mass is 16.6. The van der Waals surface area contributed by atoms with Gasteiger partial charge in [0.15, 0.2) is 0 Å². The van der Waals surface area contributed by atoms with Gasteiger partial charge in [-0.05, 0) is 13.0 Å². The van der Waals surface area contributed by atoms with Crippen LogP contribution in [-0.4, -0.2) is 20.6 Å². The maximum atomic E-state index is 12.2. The van der Waals surface area contributed by atoms with Crippen LogP contribution in [0.5, 0.6) is 0 Å². The second-order valence-electron chi connectivity index (χ2n) is 4.30. The van der Waals surface area contributed by atoms with Crippen molar-refractivity contribution in [3.05, 3.63) is 51.2 Å². The number of nitriles is 1. The molecule has 0 aliphatic heterocycles. The van der Waals surface area contributed by atoms with E-state index in [-0.39, 0.29) is 28.2 Å². The number of carbonyl (C=O) groups is 1. The summed E-state index contributed by atoms with van der Waals surface area (Å²) in [7, 11) is 1.58. The smallest absolute Gasteiger partial charge is 0.273 e. The van der Waals surface area contributed by atoms with Gasteiger partial charge in [-0.15, -0.1) is 0 Å². The molecule has 8 heteroatoms. The highest BCUT2D eigenvalue weighted by molar-refractivity contribution is 6.06. The fourth-order valence-electron chi connectivity index (χ4n) is 1.91. The van der Waals surface area contributed by atoms with Crippen LogP contribution in [0, 0.1) is 28.4 Å². The van der Waals surface area contributed by atoms with Gasteiger partial charge < -0.3 is 5.32 Å². The number of nitro groups is 1. The van der Waals surface area contributed by atoms with Crippen molar-refractivity contribution in [2.24, 2.45) is 7.05 Å². The molecule has 2 aromatic rings. The van der Waals surface area contributed by atoms with Gasteiger partial charge in [-0.1, -0.05) is 6.07 Å². The molecule has 1 aromatic heterocycles. The summed E-state index contributed by atoms with van der Waals surface area (Å²) in [4.78, 5) is 22.6. The third kappa shape index (κ3) is 2.57. The van der Waals surface area contributed by atoms with E-state index in [9.17, 15) is 14.9 Å². The Morgan fingerprint density at radius 2 is 2.24 bits per heavy atom. The first kappa shape index (κ1) is 14.2. The number of anilines is 1. The Labute approximate surface area is 119 Å². The van der Waals surface area contributed by atoms with E-state index in [2.05, 4.69) is 10.4 Å². The number of aryl methyl sites for hydroxylation is 1. The lowest BCUT2D eigenvalue weighted by Crippen LogP contribution is -2.17. The molecule has 0 aliphatic carbocycles. The Morgan fingerprint density at radius 3 is 2.86 bits per heavy atom. The van der Waals surface area contributed by atoms with Crippen molar-refractivity contribution in [1.82, 2.24) is 9.78 Å². The zero-order valence-electron chi connectivity index (χ0n) is 11.3. The van der Waals surface area contributed by atoms with Crippen LogP contribution < -0.4 is 5.32 Å². The molecule has 1 aromatic carbocycles. The average Bonchev–Trinajstić information content (AvgIpc) is 2.79. The highest BCUT2D eigenvalue weighted by Crippen LogP contribution is 2.22. The summed E-state index contributed by atoms with van der Waals surface area (Å²) in [5, 5.41) is 26.3. The molecule has 1 amide bonds. The van der Waals surface area contributed by atoms with Crippen LogP contribution in [-0.2, 0) is 7.05 Å². The molecule has 0 atom stereocenters. The molecule has 106 valence electrons. The molecule has 0 aliphatic rings. The first-order chi connectivity index (χ1) is 9.95. The number of nitrogens with zero attached hydrogens (tertiary/aromatic N) is 4. The van der Waals surface area contributed by atoms with E-state index in [0.29, 0.717) is 0 Å². The van der Waals surface area contributed by atoms with Crippen LogP contribution in [0.2, 0.25) is 0 Å². The molecule has 1 heterocycles. The Kier molecular flexibility index (Phi) is 3.67. The number of benzene rings is 1. The summed E-state index contributed by atoms with van der Waals surface area (Å²) in [5.74, 6) is -0.287. The number of hydrogen-bond donors (Lipinski definition) is 1. The normalized spacial score (nSPS) is 9.95. The van der Waals surface area contributed by atoms with Crippen molar-refractivity contribution < 1.29 is 9.72 Å². The van der Waals surface area contributed by atoms with Gasteiger partial charge in [0.2, 0.25) is 0 Å². The standard InChI is InChI=1S/C13H11N5O3/c1-8-10(4-3-5-11(8)18(20)21)13(19)16-12-9(6-14)7-15-17(12)2/h3-5,7H,1-2H3,(H,16,19). The summed E-state index contributed by atoms with van der Waals surface area (Å²) in [6.45, 7) is 1.50. The minimum absolute atomic E-state index is 0.131. The van der Waals surface area contributed by atoms with Gasteiger partial charge in [0.05, 0.1) is 11.1 Å². The number of nitro benzene ring substituents is 1. The first-order valence-electron chi connectivity index (χ1n) is 5.93. The average molecular weight is 285 g/mol. The van der Waals surface area contributed by atoms with Crippen LogP contribution in [0.1, 0.15) is 21.5 Å². The Bertz CT molecular complexity index is 773. The maximum Gasteiger partial charge on any atom is 0.273 e. The number of carbonyl (C=O) groups excluding carboxylic acids is 1. The summed E-state index contributed by atoms with van der Waals surface area (Å²) in [6.07, 6.45) is 1.33. The Balaban J connectivity index is 2.38. The third-order valence-electron chi connectivity index (χ3n) is 3.04. The number of nitrogens with one attached hydrogen (secondary N) is 1. The van der Waals surface area contributed by atoms with Crippen LogP contribution in [0.3, 0.4) is 0 Å². The van der Waals surface area contributed by atoms with Gasteiger partial charge in [0, 0.05) is 24.2 Å². The zero-order chi connectivity index (χ0) is 15.6. The van der Waals surface area contributed by atoms with E-state index < -0.39 is 10.8 Å². The number of aromatic nitrogens is 2. The van der Waals surface area contributed by atoms with Crippen molar-refractivity contribution in [2.75, 3.05) is 5.32 Å². The van der Waals surface area contributed by atoms with Crippen LogP contribution >= 0.6 is 0 Å². The largest absolute Gasteiger partial charge is 0.306 e. The second-order valence-corrected chi connectivity index (χ2v) is 4.30. The Hall–Kier alpha value is -3.21. The predicted molar refractivity (Wildman–Crippen MR) is 73.7 cm³/mol. The van der Waals surface area contributed by atoms with E-state index in [0.717, 1.165) is 0 Å². The maximum absolute atomic E-state index is 12.2. The Morgan fingerprint density at radius 1 is 1.52 bits per heavy atom.